The Labute approximate surface area is 88.9 Å². The van der Waals surface area contributed by atoms with E-state index in [-0.39, 0.29) is 24.5 Å². The smallest absolute Gasteiger partial charge is 0.319 e. The first kappa shape index (κ1) is 11.9. The molecule has 0 aromatic rings. The van der Waals surface area contributed by atoms with Crippen molar-refractivity contribution >= 4 is 11.9 Å². The molecular weight excluding hydrogens is 198 g/mol. The lowest BCUT2D eigenvalue weighted by molar-refractivity contribution is -0.143. The van der Waals surface area contributed by atoms with E-state index in [1.54, 1.807) is 7.05 Å². The van der Waals surface area contributed by atoms with Gasteiger partial charge >= 0.3 is 5.97 Å². The zero-order valence-electron chi connectivity index (χ0n) is 9.08. The average Bonchev–Trinajstić information content (AvgIpc) is 2.28. The molecule has 2 N–H and O–H groups in total. The second kappa shape index (κ2) is 5.67. The van der Waals surface area contributed by atoms with Gasteiger partial charge in [0.1, 0.15) is 6.04 Å². The van der Waals surface area contributed by atoms with E-state index in [2.05, 4.69) is 15.4 Å². The van der Waals surface area contributed by atoms with Crippen molar-refractivity contribution in [3.05, 3.63) is 0 Å². The molecular formula is C9H17N3O3. The highest BCUT2D eigenvalue weighted by atomic mass is 16.5. The molecule has 0 aromatic heterocycles. The zero-order chi connectivity index (χ0) is 11.3. The molecule has 0 spiro atoms. The van der Waals surface area contributed by atoms with Crippen molar-refractivity contribution in [3.8, 4) is 0 Å². The molecule has 1 atom stereocenters. The second-order valence-corrected chi connectivity index (χ2v) is 3.38. The Morgan fingerprint density at radius 2 is 2.33 bits per heavy atom. The highest BCUT2D eigenvalue weighted by Gasteiger charge is 2.29. The van der Waals surface area contributed by atoms with Crippen LogP contribution in [0.4, 0.5) is 0 Å². The first-order chi connectivity index (χ1) is 7.19. The molecule has 0 saturated carbocycles. The number of nitrogens with one attached hydrogen (secondary N) is 2. The van der Waals surface area contributed by atoms with Crippen molar-refractivity contribution in [1.29, 1.82) is 0 Å². The van der Waals surface area contributed by atoms with Gasteiger partial charge in [0.05, 0.1) is 13.7 Å². The van der Waals surface area contributed by atoms with Gasteiger partial charge in [0.15, 0.2) is 0 Å². The van der Waals surface area contributed by atoms with Gasteiger partial charge in [0.25, 0.3) is 0 Å². The predicted molar refractivity (Wildman–Crippen MR) is 54.3 cm³/mol. The first-order valence-electron chi connectivity index (χ1n) is 4.92. The Morgan fingerprint density at radius 1 is 1.60 bits per heavy atom. The van der Waals surface area contributed by atoms with Crippen LogP contribution in [0.1, 0.15) is 0 Å². The third-order valence-corrected chi connectivity index (χ3v) is 2.46. The summed E-state index contributed by atoms with van der Waals surface area (Å²) in [5.41, 5.74) is 0. The number of methoxy groups -OCH3 is 1. The van der Waals surface area contributed by atoms with E-state index in [1.807, 2.05) is 4.90 Å². The van der Waals surface area contributed by atoms with Crippen molar-refractivity contribution in [2.24, 2.45) is 0 Å². The quantitative estimate of drug-likeness (QED) is 0.542. The minimum absolute atomic E-state index is 0.0777. The molecule has 0 aliphatic carbocycles. The molecule has 15 heavy (non-hydrogen) atoms. The molecule has 0 aromatic carbocycles. The number of rotatable bonds is 3. The minimum atomic E-state index is -0.314. The SMILES string of the molecule is CNC(=O)C1CNCCN1CC(=O)OC. The lowest BCUT2D eigenvalue weighted by atomic mass is 10.2. The summed E-state index contributed by atoms with van der Waals surface area (Å²) in [6, 6.07) is -0.289. The summed E-state index contributed by atoms with van der Waals surface area (Å²) in [5.74, 6) is -0.392. The maximum absolute atomic E-state index is 11.5. The van der Waals surface area contributed by atoms with Gasteiger partial charge in [-0.05, 0) is 0 Å². The number of ether oxygens (including phenoxy) is 1. The molecule has 1 saturated heterocycles. The molecule has 6 nitrogen and oxygen atoms in total. The summed E-state index contributed by atoms with van der Waals surface area (Å²) in [6.07, 6.45) is 0. The van der Waals surface area contributed by atoms with E-state index in [0.717, 1.165) is 6.54 Å². The molecule has 1 aliphatic rings. The van der Waals surface area contributed by atoms with Gasteiger partial charge in [-0.3, -0.25) is 14.5 Å². The normalized spacial score (nSPS) is 22.1. The van der Waals surface area contributed by atoms with Gasteiger partial charge in [-0.15, -0.1) is 0 Å². The monoisotopic (exact) mass is 215 g/mol. The van der Waals surface area contributed by atoms with Crippen LogP contribution in [-0.2, 0) is 14.3 Å². The lowest BCUT2D eigenvalue weighted by Gasteiger charge is -2.33. The van der Waals surface area contributed by atoms with E-state index in [0.29, 0.717) is 13.1 Å². The molecule has 0 bridgehead atoms. The van der Waals surface area contributed by atoms with Crippen molar-refractivity contribution in [3.63, 3.8) is 0 Å². The number of likely N-dealkylation sites (N-methyl/N-ethyl adjacent to an activating group) is 1. The van der Waals surface area contributed by atoms with Crippen LogP contribution in [0.25, 0.3) is 0 Å². The maximum Gasteiger partial charge on any atom is 0.319 e. The Bertz CT molecular complexity index is 245. The summed E-state index contributed by atoms with van der Waals surface area (Å²) >= 11 is 0. The van der Waals surface area contributed by atoms with Crippen molar-refractivity contribution in [1.82, 2.24) is 15.5 Å². The topological polar surface area (TPSA) is 70.7 Å². The molecule has 1 fully saturated rings. The fraction of sp³-hybridized carbons (Fsp3) is 0.778. The number of carbonyl (C=O) groups excluding carboxylic acids is 2. The van der Waals surface area contributed by atoms with Gasteiger partial charge in [-0.1, -0.05) is 0 Å². The first-order valence-corrected chi connectivity index (χ1v) is 4.92. The number of amides is 1. The fourth-order valence-corrected chi connectivity index (χ4v) is 1.59. The number of hydrogen-bond donors (Lipinski definition) is 2. The van der Waals surface area contributed by atoms with Crippen LogP contribution in [0.2, 0.25) is 0 Å². The van der Waals surface area contributed by atoms with E-state index in [4.69, 9.17) is 0 Å². The number of carbonyl (C=O) groups is 2. The van der Waals surface area contributed by atoms with Crippen LogP contribution in [0.15, 0.2) is 0 Å². The molecule has 6 heteroatoms. The predicted octanol–water partition coefficient (Wildman–Crippen LogP) is -1.82. The van der Waals surface area contributed by atoms with Crippen LogP contribution in [0, 0.1) is 0 Å². The molecule has 1 amide bonds. The zero-order valence-corrected chi connectivity index (χ0v) is 9.08. The third kappa shape index (κ3) is 3.17. The van der Waals surface area contributed by atoms with Crippen LogP contribution in [0.3, 0.4) is 0 Å². The minimum Gasteiger partial charge on any atom is -0.468 e. The Kier molecular flexibility index (Phi) is 4.51. The second-order valence-electron chi connectivity index (χ2n) is 3.38. The van der Waals surface area contributed by atoms with Gasteiger partial charge in [0.2, 0.25) is 5.91 Å². The van der Waals surface area contributed by atoms with Gasteiger partial charge in [0, 0.05) is 26.7 Å². The van der Waals surface area contributed by atoms with Crippen LogP contribution >= 0.6 is 0 Å². The van der Waals surface area contributed by atoms with Crippen LogP contribution in [0.5, 0.6) is 0 Å². The lowest BCUT2D eigenvalue weighted by Crippen LogP contribution is -2.58. The van der Waals surface area contributed by atoms with Crippen molar-refractivity contribution in [2.45, 2.75) is 6.04 Å². The highest BCUT2D eigenvalue weighted by molar-refractivity contribution is 5.82. The number of nitrogens with zero attached hydrogens (tertiary/aromatic N) is 1. The highest BCUT2D eigenvalue weighted by Crippen LogP contribution is 2.03. The molecule has 0 radical (unpaired) electrons. The van der Waals surface area contributed by atoms with Gasteiger partial charge < -0.3 is 15.4 Å². The largest absolute Gasteiger partial charge is 0.468 e. The summed E-state index contributed by atoms with van der Waals surface area (Å²) in [6.45, 7) is 2.19. The maximum atomic E-state index is 11.5. The molecule has 1 unspecified atom stereocenters. The summed E-state index contributed by atoms with van der Waals surface area (Å²) in [5, 5.41) is 5.70. The van der Waals surface area contributed by atoms with Gasteiger partial charge in [-0.2, -0.15) is 0 Å². The summed E-state index contributed by atoms with van der Waals surface area (Å²) < 4.78 is 4.58. The van der Waals surface area contributed by atoms with Gasteiger partial charge in [-0.25, -0.2) is 0 Å². The van der Waals surface area contributed by atoms with E-state index in [1.165, 1.54) is 7.11 Å². The number of esters is 1. The Balaban J connectivity index is 2.57. The van der Waals surface area contributed by atoms with Crippen LogP contribution < -0.4 is 10.6 Å². The van der Waals surface area contributed by atoms with E-state index in [9.17, 15) is 9.59 Å². The number of piperazine rings is 1. The third-order valence-electron chi connectivity index (χ3n) is 2.46. The molecule has 1 heterocycles. The number of hydrogen-bond acceptors (Lipinski definition) is 5. The Morgan fingerprint density at radius 3 is 2.93 bits per heavy atom. The van der Waals surface area contributed by atoms with Crippen molar-refractivity contribution in [2.75, 3.05) is 40.3 Å². The molecule has 86 valence electrons. The average molecular weight is 215 g/mol. The summed E-state index contributed by atoms with van der Waals surface area (Å²) in [4.78, 5) is 24.4. The van der Waals surface area contributed by atoms with E-state index >= 15 is 0 Å². The van der Waals surface area contributed by atoms with Crippen molar-refractivity contribution < 1.29 is 14.3 Å². The fourth-order valence-electron chi connectivity index (χ4n) is 1.59. The van der Waals surface area contributed by atoms with Crippen LogP contribution in [-0.4, -0.2) is 63.2 Å². The van der Waals surface area contributed by atoms with E-state index < -0.39 is 0 Å². The molecule has 1 aliphatic heterocycles. The molecule has 1 rings (SSSR count). The standard InChI is InChI=1S/C9H17N3O3/c1-10-9(14)7-5-11-3-4-12(7)6-8(13)15-2/h7,11H,3-6H2,1-2H3,(H,10,14). The summed E-state index contributed by atoms with van der Waals surface area (Å²) in [7, 11) is 2.94. The Hall–Kier alpha value is -1.14.